The number of amides is 1. The zero-order valence-electron chi connectivity index (χ0n) is 15.2. The lowest BCUT2D eigenvalue weighted by Gasteiger charge is -2.40. The zero-order valence-corrected chi connectivity index (χ0v) is 15.2. The van der Waals surface area contributed by atoms with Crippen molar-refractivity contribution in [2.24, 2.45) is 0 Å². The molecule has 24 heavy (non-hydrogen) atoms. The summed E-state index contributed by atoms with van der Waals surface area (Å²) in [6.07, 6.45) is 0.00908. The van der Waals surface area contributed by atoms with Gasteiger partial charge in [0.2, 0.25) is 0 Å². The van der Waals surface area contributed by atoms with Crippen molar-refractivity contribution in [3.05, 3.63) is 29.3 Å². The molecule has 1 aliphatic rings. The number of carboxylic acid groups (broad SMARTS) is 1. The molecular weight excluding hydrogens is 308 g/mol. The molecule has 1 heterocycles. The summed E-state index contributed by atoms with van der Waals surface area (Å²) >= 11 is 0. The average molecular weight is 334 g/mol. The number of hydrogen-bond donors (Lipinski definition) is 1. The van der Waals surface area contributed by atoms with Crippen LogP contribution in [0.2, 0.25) is 0 Å². The summed E-state index contributed by atoms with van der Waals surface area (Å²) in [4.78, 5) is 27.8. The molecule has 1 amide bonds. The number of anilines is 1. The van der Waals surface area contributed by atoms with Crippen molar-refractivity contribution in [2.75, 3.05) is 19.0 Å². The molecule has 0 saturated heterocycles. The lowest BCUT2D eigenvalue weighted by molar-refractivity contribution is -0.144. The second-order valence-electron chi connectivity index (χ2n) is 7.46. The summed E-state index contributed by atoms with van der Waals surface area (Å²) in [7, 11) is 3.79. The number of carbonyl (C=O) groups is 2. The number of hydrogen-bond acceptors (Lipinski definition) is 4. The second-order valence-corrected chi connectivity index (χ2v) is 7.46. The van der Waals surface area contributed by atoms with Crippen molar-refractivity contribution in [2.45, 2.75) is 51.8 Å². The third-order valence-electron chi connectivity index (χ3n) is 4.05. The van der Waals surface area contributed by atoms with Gasteiger partial charge in [-0.1, -0.05) is 6.07 Å². The molecule has 6 heteroatoms. The van der Waals surface area contributed by atoms with Gasteiger partial charge in [-0.3, -0.25) is 4.90 Å². The molecule has 6 nitrogen and oxygen atoms in total. The van der Waals surface area contributed by atoms with Crippen LogP contribution < -0.4 is 4.90 Å². The van der Waals surface area contributed by atoms with Crippen molar-refractivity contribution in [3.8, 4) is 0 Å². The zero-order chi connectivity index (χ0) is 18.2. The Labute approximate surface area is 143 Å². The van der Waals surface area contributed by atoms with Crippen LogP contribution in [0.3, 0.4) is 0 Å². The number of benzene rings is 1. The molecule has 1 aromatic rings. The van der Waals surface area contributed by atoms with Crippen molar-refractivity contribution >= 4 is 17.7 Å². The van der Waals surface area contributed by atoms with E-state index in [0.29, 0.717) is 12.0 Å². The molecule has 1 N–H and O–H groups in total. The van der Waals surface area contributed by atoms with Gasteiger partial charge in [-0.25, -0.2) is 9.59 Å². The Morgan fingerprint density at radius 3 is 2.42 bits per heavy atom. The number of fused-ring (bicyclic) bond motifs is 1. The smallest absolute Gasteiger partial charge is 0.411 e. The normalized spacial score (nSPS) is 20.3. The minimum absolute atomic E-state index is 0.251. The molecule has 0 radical (unpaired) electrons. The van der Waals surface area contributed by atoms with E-state index in [9.17, 15) is 14.7 Å². The quantitative estimate of drug-likeness (QED) is 0.900. The third-order valence-corrected chi connectivity index (χ3v) is 4.05. The van der Waals surface area contributed by atoms with Gasteiger partial charge >= 0.3 is 12.1 Å². The van der Waals surface area contributed by atoms with E-state index in [1.807, 2.05) is 44.1 Å². The minimum Gasteiger partial charge on any atom is -0.479 e. The molecular formula is C18H26N2O4. The SMILES string of the molecule is C[C@H]1Cc2ccc(N(C)C)cc2C(C(=O)O)N1C(=O)OC(C)(C)C. The third kappa shape index (κ3) is 3.63. The van der Waals surface area contributed by atoms with E-state index in [2.05, 4.69) is 0 Å². The molecule has 1 unspecified atom stereocenters. The van der Waals surface area contributed by atoms with Gasteiger partial charge in [0.05, 0.1) is 0 Å². The van der Waals surface area contributed by atoms with Crippen LogP contribution in [0.1, 0.15) is 44.9 Å². The first-order valence-corrected chi connectivity index (χ1v) is 8.05. The van der Waals surface area contributed by atoms with Gasteiger partial charge < -0.3 is 14.7 Å². The van der Waals surface area contributed by atoms with Crippen molar-refractivity contribution in [3.63, 3.8) is 0 Å². The number of rotatable bonds is 2. The number of ether oxygens (including phenoxy) is 1. The molecule has 0 aromatic heterocycles. The summed E-state index contributed by atoms with van der Waals surface area (Å²) in [6.45, 7) is 7.16. The lowest BCUT2D eigenvalue weighted by atomic mass is 9.88. The number of nitrogens with zero attached hydrogens (tertiary/aromatic N) is 2. The Hall–Kier alpha value is -2.24. The monoisotopic (exact) mass is 334 g/mol. The van der Waals surface area contributed by atoms with E-state index in [1.54, 1.807) is 20.8 Å². The summed E-state index contributed by atoms with van der Waals surface area (Å²) in [5.74, 6) is -1.05. The standard InChI is InChI=1S/C18H26N2O4/c1-11-9-12-7-8-13(19(5)6)10-14(12)15(16(21)22)20(11)17(23)24-18(2,3)4/h7-8,10-11,15H,9H2,1-6H3,(H,21,22)/t11-,15?/m0/s1. The van der Waals surface area contributed by atoms with E-state index in [1.165, 1.54) is 4.90 Å². The summed E-state index contributed by atoms with van der Waals surface area (Å²) < 4.78 is 5.43. The predicted molar refractivity (Wildman–Crippen MR) is 92.4 cm³/mol. The maximum absolute atomic E-state index is 12.6. The van der Waals surface area contributed by atoms with Gasteiger partial charge in [0.15, 0.2) is 6.04 Å². The van der Waals surface area contributed by atoms with E-state index >= 15 is 0 Å². The van der Waals surface area contributed by atoms with Crippen molar-refractivity contribution in [1.82, 2.24) is 4.90 Å². The summed E-state index contributed by atoms with van der Waals surface area (Å²) in [6, 6.07) is 4.46. The summed E-state index contributed by atoms with van der Waals surface area (Å²) in [5.41, 5.74) is 1.84. The molecule has 2 rings (SSSR count). The maximum Gasteiger partial charge on any atom is 0.411 e. The van der Waals surface area contributed by atoms with Crippen LogP contribution in [-0.2, 0) is 16.0 Å². The van der Waals surface area contributed by atoms with Gasteiger partial charge in [0, 0.05) is 25.8 Å². The number of carbonyl (C=O) groups excluding carboxylic acids is 1. The molecule has 132 valence electrons. The van der Waals surface area contributed by atoms with E-state index in [4.69, 9.17) is 4.74 Å². The fourth-order valence-corrected chi connectivity index (χ4v) is 2.97. The van der Waals surface area contributed by atoms with Crippen LogP contribution >= 0.6 is 0 Å². The van der Waals surface area contributed by atoms with Crippen LogP contribution in [0, 0.1) is 0 Å². The topological polar surface area (TPSA) is 70.1 Å². The molecule has 0 spiro atoms. The van der Waals surface area contributed by atoms with Crippen LogP contribution in [0.4, 0.5) is 10.5 Å². The van der Waals surface area contributed by atoms with Crippen molar-refractivity contribution in [1.29, 1.82) is 0 Å². The Kier molecular flexibility index (Phi) is 4.78. The Bertz CT molecular complexity index is 649. The first kappa shape index (κ1) is 18.1. The predicted octanol–water partition coefficient (Wildman–Crippen LogP) is 3.06. The second kappa shape index (κ2) is 6.34. The largest absolute Gasteiger partial charge is 0.479 e. The molecule has 0 bridgehead atoms. The van der Waals surface area contributed by atoms with Gasteiger partial charge in [-0.2, -0.15) is 0 Å². The van der Waals surface area contributed by atoms with Crippen molar-refractivity contribution < 1.29 is 19.4 Å². The number of aliphatic carboxylic acids is 1. The highest BCUT2D eigenvalue weighted by molar-refractivity contribution is 5.83. The minimum atomic E-state index is -1.05. The molecule has 0 fully saturated rings. The van der Waals surface area contributed by atoms with Gasteiger partial charge in [0.25, 0.3) is 0 Å². The Morgan fingerprint density at radius 2 is 1.92 bits per heavy atom. The highest BCUT2D eigenvalue weighted by Gasteiger charge is 2.41. The fraction of sp³-hybridized carbons (Fsp3) is 0.556. The maximum atomic E-state index is 12.6. The molecule has 2 atom stereocenters. The molecule has 0 aliphatic carbocycles. The van der Waals surface area contributed by atoms with Crippen LogP contribution in [0.5, 0.6) is 0 Å². The first-order valence-electron chi connectivity index (χ1n) is 8.05. The van der Waals surface area contributed by atoms with E-state index in [-0.39, 0.29) is 6.04 Å². The average Bonchev–Trinajstić information content (AvgIpc) is 2.42. The van der Waals surface area contributed by atoms with Gasteiger partial charge in [-0.15, -0.1) is 0 Å². The highest BCUT2D eigenvalue weighted by Crippen LogP contribution is 2.36. The summed E-state index contributed by atoms with van der Waals surface area (Å²) in [5, 5.41) is 9.79. The van der Waals surface area contributed by atoms with Crippen LogP contribution in [-0.4, -0.2) is 47.8 Å². The first-order chi connectivity index (χ1) is 11.0. The Morgan fingerprint density at radius 1 is 1.29 bits per heavy atom. The lowest BCUT2D eigenvalue weighted by Crippen LogP contribution is -2.50. The Balaban J connectivity index is 2.48. The van der Waals surface area contributed by atoms with Crippen LogP contribution in [0.25, 0.3) is 0 Å². The van der Waals surface area contributed by atoms with Crippen LogP contribution in [0.15, 0.2) is 18.2 Å². The van der Waals surface area contributed by atoms with Gasteiger partial charge in [0.1, 0.15) is 5.60 Å². The van der Waals surface area contributed by atoms with E-state index in [0.717, 1.165) is 11.3 Å². The highest BCUT2D eigenvalue weighted by atomic mass is 16.6. The van der Waals surface area contributed by atoms with Gasteiger partial charge in [-0.05, 0) is 57.4 Å². The molecule has 1 aliphatic heterocycles. The fourth-order valence-electron chi connectivity index (χ4n) is 2.97. The number of carboxylic acids is 1. The molecule has 1 aromatic carbocycles. The molecule has 0 saturated carbocycles. The van der Waals surface area contributed by atoms with E-state index < -0.39 is 23.7 Å².